The Hall–Kier alpha value is -5.04. The first kappa shape index (κ1) is 25.9. The van der Waals surface area contributed by atoms with E-state index in [0.29, 0.717) is 34.4 Å². The molecule has 0 aromatic heterocycles. The van der Waals surface area contributed by atoms with Gasteiger partial charge >= 0.3 is 0 Å². The summed E-state index contributed by atoms with van der Waals surface area (Å²) in [5.74, 6) is -3.36. The average molecular weight is 557 g/mol. The number of rotatable bonds is 4. The summed E-state index contributed by atoms with van der Waals surface area (Å²) in [6.45, 7) is 1.63. The van der Waals surface area contributed by atoms with Gasteiger partial charge in [0.2, 0.25) is 11.8 Å². The zero-order valence-electron chi connectivity index (χ0n) is 22.9. The first-order valence-corrected chi connectivity index (χ1v) is 14.1. The van der Waals surface area contributed by atoms with Crippen molar-refractivity contribution in [1.29, 1.82) is 0 Å². The standard InChI is InChI=1S/C35H28N2O5/c1-19-17-29(39)27-18-26-23(30(32(27)33(19)40)24-9-5-6-10-28(24)38)15-16-25-31(26)35(42)37(34(25)41)22-13-11-21(12-14-22)36-20-7-3-2-4-8-20/h2-15,17,25-26,30-31,36,38H,16,18H2,1H3. The van der Waals surface area contributed by atoms with Crippen LogP contribution in [0.15, 0.2) is 113 Å². The van der Waals surface area contributed by atoms with Crippen LogP contribution in [0.25, 0.3) is 0 Å². The number of benzene rings is 3. The number of fused-ring (bicyclic) bond motifs is 3. The number of hydrogen-bond acceptors (Lipinski definition) is 6. The molecule has 3 aromatic rings. The number of phenols is 1. The highest BCUT2D eigenvalue weighted by atomic mass is 16.3. The van der Waals surface area contributed by atoms with E-state index in [4.69, 9.17) is 0 Å². The molecule has 0 spiro atoms. The maximum absolute atomic E-state index is 14.1. The lowest BCUT2D eigenvalue weighted by molar-refractivity contribution is -0.123. The number of nitrogens with zero attached hydrogens (tertiary/aromatic N) is 1. The first-order valence-electron chi connectivity index (χ1n) is 14.1. The molecule has 3 aromatic carbocycles. The number of hydrogen-bond donors (Lipinski definition) is 2. The average Bonchev–Trinajstić information content (AvgIpc) is 3.26. The quantitative estimate of drug-likeness (QED) is 0.240. The first-order chi connectivity index (χ1) is 20.3. The predicted molar refractivity (Wildman–Crippen MR) is 158 cm³/mol. The monoisotopic (exact) mass is 556 g/mol. The van der Waals surface area contributed by atoms with Crippen molar-refractivity contribution in [3.8, 4) is 5.75 Å². The SMILES string of the molecule is CC1=CC(=O)C2=C(C1=O)C(c1ccccc1O)C1=CCC3C(=O)N(c4ccc(Nc5ccccc5)cc4)C(=O)C3C1C2. The summed E-state index contributed by atoms with van der Waals surface area (Å²) in [6, 6.07) is 23.7. The molecule has 1 saturated heterocycles. The van der Waals surface area contributed by atoms with E-state index in [0.717, 1.165) is 16.9 Å². The van der Waals surface area contributed by atoms with E-state index >= 15 is 0 Å². The third kappa shape index (κ3) is 3.96. The molecule has 42 heavy (non-hydrogen) atoms. The third-order valence-electron chi connectivity index (χ3n) is 9.00. The Labute approximate surface area is 242 Å². The summed E-state index contributed by atoms with van der Waals surface area (Å²) in [5, 5.41) is 14.2. The summed E-state index contributed by atoms with van der Waals surface area (Å²) < 4.78 is 0. The second kappa shape index (κ2) is 9.80. The van der Waals surface area contributed by atoms with Crippen LogP contribution in [-0.2, 0) is 19.2 Å². The van der Waals surface area contributed by atoms with Gasteiger partial charge in [0, 0.05) is 39.6 Å². The molecule has 1 aliphatic heterocycles. The molecule has 0 bridgehead atoms. The zero-order valence-corrected chi connectivity index (χ0v) is 22.9. The lowest BCUT2D eigenvalue weighted by Gasteiger charge is -2.42. The van der Waals surface area contributed by atoms with Gasteiger partial charge in [-0.2, -0.15) is 0 Å². The molecule has 4 aliphatic rings. The molecule has 4 atom stereocenters. The molecule has 0 saturated carbocycles. The van der Waals surface area contributed by atoms with Gasteiger partial charge in [-0.05, 0) is 74.2 Å². The molecule has 1 fully saturated rings. The van der Waals surface area contributed by atoms with Crippen molar-refractivity contribution in [2.45, 2.75) is 25.7 Å². The number of ketones is 2. The van der Waals surface area contributed by atoms with E-state index in [1.54, 1.807) is 43.3 Å². The van der Waals surface area contributed by atoms with Crippen LogP contribution >= 0.6 is 0 Å². The van der Waals surface area contributed by atoms with Gasteiger partial charge in [-0.1, -0.05) is 48.0 Å². The minimum atomic E-state index is -0.670. The summed E-state index contributed by atoms with van der Waals surface area (Å²) >= 11 is 0. The Morgan fingerprint density at radius 3 is 2.24 bits per heavy atom. The second-order valence-corrected chi connectivity index (χ2v) is 11.3. The number of Topliss-reactive ketones (excluding diaryl/α,β-unsaturated/α-hetero) is 1. The Kier molecular flexibility index (Phi) is 6.04. The summed E-state index contributed by atoms with van der Waals surface area (Å²) in [7, 11) is 0. The van der Waals surface area contributed by atoms with Gasteiger partial charge in [0.15, 0.2) is 11.6 Å². The highest BCUT2D eigenvalue weighted by molar-refractivity contribution is 6.25. The molecule has 4 unspecified atom stereocenters. The molecule has 7 rings (SSSR count). The molecule has 2 N–H and O–H groups in total. The van der Waals surface area contributed by atoms with Crippen LogP contribution < -0.4 is 10.2 Å². The van der Waals surface area contributed by atoms with Crippen molar-refractivity contribution >= 4 is 40.4 Å². The van der Waals surface area contributed by atoms with Crippen LogP contribution in [0.5, 0.6) is 5.75 Å². The number of anilines is 3. The number of para-hydroxylation sites is 2. The van der Waals surface area contributed by atoms with Gasteiger partial charge in [0.1, 0.15) is 5.75 Å². The Morgan fingerprint density at radius 1 is 0.810 bits per heavy atom. The van der Waals surface area contributed by atoms with Crippen LogP contribution in [0.3, 0.4) is 0 Å². The zero-order chi connectivity index (χ0) is 29.1. The van der Waals surface area contributed by atoms with Crippen LogP contribution in [0.1, 0.15) is 31.2 Å². The van der Waals surface area contributed by atoms with Crippen molar-refractivity contribution in [2.75, 3.05) is 10.2 Å². The molecule has 3 aliphatic carbocycles. The molecular formula is C35H28N2O5. The highest BCUT2D eigenvalue weighted by Crippen LogP contribution is 2.56. The van der Waals surface area contributed by atoms with Crippen LogP contribution in [0, 0.1) is 17.8 Å². The number of aromatic hydroxyl groups is 1. The Balaban J connectivity index is 1.25. The number of carbonyl (C=O) groups is 4. The number of imide groups is 1. The Morgan fingerprint density at radius 2 is 1.50 bits per heavy atom. The lowest BCUT2D eigenvalue weighted by Crippen LogP contribution is -2.39. The van der Waals surface area contributed by atoms with Crippen LogP contribution in [0.2, 0.25) is 0 Å². The summed E-state index contributed by atoms with van der Waals surface area (Å²) in [5.41, 5.74) is 4.68. The maximum Gasteiger partial charge on any atom is 0.238 e. The van der Waals surface area contributed by atoms with Crippen molar-refractivity contribution in [1.82, 2.24) is 0 Å². The van der Waals surface area contributed by atoms with Gasteiger partial charge in [0.25, 0.3) is 0 Å². The molecule has 0 radical (unpaired) electrons. The van der Waals surface area contributed by atoms with Gasteiger partial charge in [-0.25, -0.2) is 0 Å². The lowest BCUT2D eigenvalue weighted by atomic mass is 9.59. The molecule has 7 nitrogen and oxygen atoms in total. The fraction of sp³-hybridized carbons (Fsp3) is 0.200. The maximum atomic E-state index is 14.1. The number of allylic oxidation sites excluding steroid dienone is 6. The second-order valence-electron chi connectivity index (χ2n) is 11.3. The molecule has 7 heteroatoms. The largest absolute Gasteiger partial charge is 0.508 e. The van der Waals surface area contributed by atoms with Crippen molar-refractivity contribution < 1.29 is 24.3 Å². The number of amides is 2. The number of phenolic OH excluding ortho intramolecular Hbond substituents is 1. The Bertz CT molecular complexity index is 1770. The van der Waals surface area contributed by atoms with E-state index in [2.05, 4.69) is 5.32 Å². The third-order valence-corrected chi connectivity index (χ3v) is 9.00. The van der Waals surface area contributed by atoms with Crippen LogP contribution in [-0.4, -0.2) is 28.5 Å². The minimum absolute atomic E-state index is 0.0186. The van der Waals surface area contributed by atoms with E-state index in [1.165, 1.54) is 11.0 Å². The number of nitrogens with one attached hydrogen (secondary N) is 1. The fourth-order valence-corrected chi connectivity index (χ4v) is 7.08. The number of carbonyl (C=O) groups excluding carboxylic acids is 4. The van der Waals surface area contributed by atoms with E-state index in [9.17, 15) is 24.3 Å². The normalized spacial score (nSPS) is 25.0. The van der Waals surface area contributed by atoms with Gasteiger partial charge < -0.3 is 10.4 Å². The molecular weight excluding hydrogens is 528 g/mol. The van der Waals surface area contributed by atoms with Crippen molar-refractivity contribution in [3.63, 3.8) is 0 Å². The van der Waals surface area contributed by atoms with Crippen molar-refractivity contribution in [3.05, 3.63) is 119 Å². The predicted octanol–water partition coefficient (Wildman–Crippen LogP) is 5.77. The van der Waals surface area contributed by atoms with E-state index in [-0.39, 0.29) is 35.6 Å². The van der Waals surface area contributed by atoms with Gasteiger partial charge in [0.05, 0.1) is 17.5 Å². The van der Waals surface area contributed by atoms with Crippen LogP contribution in [0.4, 0.5) is 17.1 Å². The molecule has 2 amide bonds. The topological polar surface area (TPSA) is 104 Å². The molecule has 1 heterocycles. The minimum Gasteiger partial charge on any atom is -0.508 e. The fourth-order valence-electron chi connectivity index (χ4n) is 7.08. The van der Waals surface area contributed by atoms with E-state index < -0.39 is 23.7 Å². The van der Waals surface area contributed by atoms with Gasteiger partial charge in [-0.3, -0.25) is 24.1 Å². The van der Waals surface area contributed by atoms with Crippen molar-refractivity contribution in [2.24, 2.45) is 17.8 Å². The van der Waals surface area contributed by atoms with E-state index in [1.807, 2.05) is 48.5 Å². The highest BCUT2D eigenvalue weighted by Gasteiger charge is 2.56. The van der Waals surface area contributed by atoms with Gasteiger partial charge in [-0.15, -0.1) is 0 Å². The summed E-state index contributed by atoms with van der Waals surface area (Å²) in [6.07, 6.45) is 3.86. The molecule has 208 valence electrons. The summed E-state index contributed by atoms with van der Waals surface area (Å²) in [4.78, 5) is 55.8. The smallest absolute Gasteiger partial charge is 0.238 e.